The summed E-state index contributed by atoms with van der Waals surface area (Å²) < 4.78 is 0. The van der Waals surface area contributed by atoms with Crippen molar-refractivity contribution >= 4 is 24.0 Å². The van der Waals surface area contributed by atoms with Gasteiger partial charge in [0.25, 0.3) is 0 Å². The Kier molecular flexibility index (Phi) is 6.34. The number of rotatable bonds is 5. The third kappa shape index (κ3) is 3.89. The summed E-state index contributed by atoms with van der Waals surface area (Å²) in [5.74, 6) is 0.267. The van der Waals surface area contributed by atoms with E-state index in [0.29, 0.717) is 18.5 Å². The van der Waals surface area contributed by atoms with E-state index in [2.05, 4.69) is 18.7 Å². The highest BCUT2D eigenvalue weighted by atomic mass is 35.5. The molecular weight excluding hydrogens is 272 g/mol. The van der Waals surface area contributed by atoms with Gasteiger partial charge in [-0.3, -0.25) is 4.79 Å². The van der Waals surface area contributed by atoms with E-state index < -0.39 is 0 Å². The fraction of sp³-hybridized carbons (Fsp3) is 0.562. The summed E-state index contributed by atoms with van der Waals surface area (Å²) in [6, 6.07) is 8.57. The molecule has 1 amide bonds. The van der Waals surface area contributed by atoms with Crippen LogP contribution in [0, 0.1) is 0 Å². The first-order valence-corrected chi connectivity index (χ1v) is 7.24. The highest BCUT2D eigenvalue weighted by Gasteiger charge is 2.30. The first-order valence-electron chi connectivity index (χ1n) is 7.24. The van der Waals surface area contributed by atoms with Gasteiger partial charge in [0.1, 0.15) is 0 Å². The number of anilines is 1. The molecule has 0 bridgehead atoms. The third-order valence-electron chi connectivity index (χ3n) is 3.98. The van der Waals surface area contributed by atoms with Crippen molar-refractivity contribution in [2.75, 3.05) is 5.73 Å². The molecule has 0 radical (unpaired) electrons. The van der Waals surface area contributed by atoms with Crippen LogP contribution in [0.25, 0.3) is 0 Å². The normalized spacial score (nSPS) is 14.6. The van der Waals surface area contributed by atoms with Crippen molar-refractivity contribution in [2.45, 2.75) is 58.0 Å². The van der Waals surface area contributed by atoms with Crippen LogP contribution in [-0.4, -0.2) is 22.9 Å². The zero-order chi connectivity index (χ0) is 13.8. The summed E-state index contributed by atoms with van der Waals surface area (Å²) in [5.41, 5.74) is 7.78. The Labute approximate surface area is 127 Å². The topological polar surface area (TPSA) is 46.3 Å². The van der Waals surface area contributed by atoms with Crippen LogP contribution in [-0.2, 0) is 11.2 Å². The first kappa shape index (κ1) is 16.8. The van der Waals surface area contributed by atoms with Gasteiger partial charge in [0.05, 0.1) is 0 Å². The van der Waals surface area contributed by atoms with E-state index in [-0.39, 0.29) is 18.3 Å². The molecule has 1 saturated carbocycles. The van der Waals surface area contributed by atoms with Gasteiger partial charge in [-0.15, -0.1) is 12.4 Å². The van der Waals surface area contributed by atoms with Gasteiger partial charge >= 0.3 is 0 Å². The van der Waals surface area contributed by atoms with Crippen molar-refractivity contribution in [3.63, 3.8) is 0 Å². The second-order valence-corrected chi connectivity index (χ2v) is 5.68. The molecule has 0 atom stereocenters. The molecule has 0 aliphatic heterocycles. The van der Waals surface area contributed by atoms with Crippen molar-refractivity contribution in [3.8, 4) is 0 Å². The van der Waals surface area contributed by atoms with Gasteiger partial charge in [0.15, 0.2) is 0 Å². The van der Waals surface area contributed by atoms with Crippen molar-refractivity contribution in [1.29, 1.82) is 0 Å². The lowest BCUT2D eigenvalue weighted by Gasteiger charge is -2.40. The van der Waals surface area contributed by atoms with E-state index in [0.717, 1.165) is 30.5 Å². The van der Waals surface area contributed by atoms with E-state index >= 15 is 0 Å². The molecule has 0 unspecified atom stereocenters. The van der Waals surface area contributed by atoms with E-state index in [9.17, 15) is 4.79 Å². The molecule has 0 spiro atoms. The zero-order valence-corrected chi connectivity index (χ0v) is 13.2. The van der Waals surface area contributed by atoms with Crippen molar-refractivity contribution < 1.29 is 4.79 Å². The largest absolute Gasteiger partial charge is 0.399 e. The molecule has 112 valence electrons. The number of hydrogen-bond donors (Lipinski definition) is 1. The number of nitrogens with zero attached hydrogens (tertiary/aromatic N) is 1. The standard InChI is InChI=1S/C16H24N2O.ClH/c1-12(2)18(14-7-5-8-14)16(19)11-10-13-6-3-4-9-15(13)17;/h3-4,6,9,12,14H,5,7-8,10-11,17H2,1-2H3;1H. The van der Waals surface area contributed by atoms with E-state index in [1.807, 2.05) is 24.3 Å². The number of amides is 1. The minimum absolute atomic E-state index is 0. The molecule has 1 aromatic carbocycles. The minimum Gasteiger partial charge on any atom is -0.399 e. The SMILES string of the molecule is CC(C)N(C(=O)CCc1ccccc1N)C1CCC1.Cl. The Morgan fingerprint density at radius 2 is 2.00 bits per heavy atom. The average Bonchev–Trinajstić information content (AvgIpc) is 2.31. The van der Waals surface area contributed by atoms with Gasteiger partial charge < -0.3 is 10.6 Å². The van der Waals surface area contributed by atoms with E-state index in [4.69, 9.17) is 5.73 Å². The van der Waals surface area contributed by atoms with Crippen molar-refractivity contribution in [1.82, 2.24) is 4.90 Å². The monoisotopic (exact) mass is 296 g/mol. The van der Waals surface area contributed by atoms with Gasteiger partial charge in [-0.1, -0.05) is 18.2 Å². The van der Waals surface area contributed by atoms with Gasteiger partial charge in [0.2, 0.25) is 5.91 Å². The highest BCUT2D eigenvalue weighted by Crippen LogP contribution is 2.27. The summed E-state index contributed by atoms with van der Waals surface area (Å²) in [6.07, 6.45) is 4.88. The van der Waals surface area contributed by atoms with Gasteiger partial charge in [0, 0.05) is 24.2 Å². The van der Waals surface area contributed by atoms with Gasteiger partial charge in [-0.05, 0) is 51.2 Å². The molecule has 0 saturated heterocycles. The number of nitrogens with two attached hydrogens (primary N) is 1. The van der Waals surface area contributed by atoms with Gasteiger partial charge in [-0.25, -0.2) is 0 Å². The van der Waals surface area contributed by atoms with E-state index in [1.54, 1.807) is 0 Å². The molecule has 1 fully saturated rings. The molecule has 0 aromatic heterocycles. The van der Waals surface area contributed by atoms with Crippen LogP contribution in [0.5, 0.6) is 0 Å². The summed E-state index contributed by atoms with van der Waals surface area (Å²) in [6.45, 7) is 4.21. The lowest BCUT2D eigenvalue weighted by molar-refractivity contribution is -0.137. The number of carbonyl (C=O) groups excluding carboxylic acids is 1. The summed E-state index contributed by atoms with van der Waals surface area (Å²) in [5, 5.41) is 0. The quantitative estimate of drug-likeness (QED) is 0.846. The molecular formula is C16H25ClN2O. The Balaban J connectivity index is 0.00000200. The Morgan fingerprint density at radius 3 is 2.50 bits per heavy atom. The number of nitrogen functional groups attached to an aromatic ring is 1. The lowest BCUT2D eigenvalue weighted by atomic mass is 9.90. The van der Waals surface area contributed by atoms with Crippen molar-refractivity contribution in [3.05, 3.63) is 29.8 Å². The molecule has 1 aromatic rings. The molecule has 1 aliphatic carbocycles. The molecule has 0 heterocycles. The van der Waals surface area contributed by atoms with Crippen LogP contribution < -0.4 is 5.73 Å². The van der Waals surface area contributed by atoms with Crippen LogP contribution in [0.15, 0.2) is 24.3 Å². The van der Waals surface area contributed by atoms with Crippen molar-refractivity contribution in [2.24, 2.45) is 0 Å². The lowest BCUT2D eigenvalue weighted by Crippen LogP contribution is -2.48. The highest BCUT2D eigenvalue weighted by molar-refractivity contribution is 5.85. The van der Waals surface area contributed by atoms with Crippen LogP contribution in [0.3, 0.4) is 0 Å². The number of hydrogen-bond acceptors (Lipinski definition) is 2. The van der Waals surface area contributed by atoms with Crippen LogP contribution >= 0.6 is 12.4 Å². The number of para-hydroxylation sites is 1. The molecule has 1 aliphatic rings. The number of carbonyl (C=O) groups is 1. The summed E-state index contributed by atoms with van der Waals surface area (Å²) in [4.78, 5) is 14.5. The number of aryl methyl sites for hydroxylation is 1. The fourth-order valence-corrected chi connectivity index (χ4v) is 2.71. The van der Waals surface area contributed by atoms with E-state index in [1.165, 1.54) is 6.42 Å². The number of halogens is 1. The third-order valence-corrected chi connectivity index (χ3v) is 3.98. The maximum absolute atomic E-state index is 12.4. The van der Waals surface area contributed by atoms with Gasteiger partial charge in [-0.2, -0.15) is 0 Å². The Hall–Kier alpha value is -1.22. The average molecular weight is 297 g/mol. The molecule has 20 heavy (non-hydrogen) atoms. The first-order chi connectivity index (χ1) is 9.09. The van der Waals surface area contributed by atoms with Crippen LogP contribution in [0.4, 0.5) is 5.69 Å². The van der Waals surface area contributed by atoms with Crippen LogP contribution in [0.1, 0.15) is 45.1 Å². The minimum atomic E-state index is 0. The fourth-order valence-electron chi connectivity index (χ4n) is 2.71. The Bertz CT molecular complexity index is 444. The predicted molar refractivity (Wildman–Crippen MR) is 86.0 cm³/mol. The molecule has 2 N–H and O–H groups in total. The number of benzene rings is 1. The molecule has 2 rings (SSSR count). The van der Waals surface area contributed by atoms with Crippen LogP contribution in [0.2, 0.25) is 0 Å². The second kappa shape index (κ2) is 7.53. The summed E-state index contributed by atoms with van der Waals surface area (Å²) >= 11 is 0. The smallest absolute Gasteiger partial charge is 0.223 e. The maximum atomic E-state index is 12.4. The Morgan fingerprint density at radius 1 is 1.35 bits per heavy atom. The summed E-state index contributed by atoms with van der Waals surface area (Å²) in [7, 11) is 0. The predicted octanol–water partition coefficient (Wildman–Crippen LogP) is 3.41. The maximum Gasteiger partial charge on any atom is 0.223 e. The molecule has 4 heteroatoms. The second-order valence-electron chi connectivity index (χ2n) is 5.68. The zero-order valence-electron chi connectivity index (χ0n) is 12.3. The molecule has 3 nitrogen and oxygen atoms in total.